The lowest BCUT2D eigenvalue weighted by molar-refractivity contribution is 0.151. The zero-order chi connectivity index (χ0) is 9.97. The molecule has 1 fully saturated rings. The van der Waals surface area contributed by atoms with Crippen LogP contribution in [0, 0.1) is 0 Å². The van der Waals surface area contributed by atoms with E-state index in [2.05, 4.69) is 10.3 Å². The smallest absolute Gasteiger partial charge is 0.265 e. The fourth-order valence-electron chi connectivity index (χ4n) is 1.21. The average molecular weight is 198 g/mol. The Morgan fingerprint density at radius 2 is 2.21 bits per heavy atom. The Morgan fingerprint density at radius 3 is 2.71 bits per heavy atom. The second kappa shape index (κ2) is 4.00. The zero-order valence-electron chi connectivity index (χ0n) is 7.71. The molecule has 1 aliphatic rings. The molecule has 0 spiro atoms. The van der Waals surface area contributed by atoms with Crippen LogP contribution in [-0.2, 0) is 6.54 Å². The molecule has 1 aromatic heterocycles. The van der Waals surface area contributed by atoms with Crippen molar-refractivity contribution < 1.29 is 8.78 Å². The van der Waals surface area contributed by atoms with Crippen LogP contribution in [-0.4, -0.2) is 11.0 Å². The van der Waals surface area contributed by atoms with E-state index in [4.69, 9.17) is 0 Å². The van der Waals surface area contributed by atoms with Gasteiger partial charge in [-0.1, -0.05) is 0 Å². The molecule has 0 aliphatic heterocycles. The molecular weight excluding hydrogens is 186 g/mol. The normalized spacial score (nSPS) is 16.2. The van der Waals surface area contributed by atoms with Crippen LogP contribution in [0.2, 0.25) is 0 Å². The van der Waals surface area contributed by atoms with Crippen molar-refractivity contribution >= 4 is 0 Å². The second-order valence-electron chi connectivity index (χ2n) is 3.54. The van der Waals surface area contributed by atoms with Gasteiger partial charge in [-0.2, -0.15) is 0 Å². The molecule has 1 heterocycles. The molecule has 0 unspecified atom stereocenters. The number of nitrogens with zero attached hydrogens (tertiary/aromatic N) is 1. The van der Waals surface area contributed by atoms with E-state index in [1.54, 1.807) is 6.07 Å². The maximum absolute atomic E-state index is 12.2. The first-order valence-electron chi connectivity index (χ1n) is 4.72. The molecule has 0 atom stereocenters. The van der Waals surface area contributed by atoms with Gasteiger partial charge >= 0.3 is 0 Å². The number of rotatable bonds is 4. The minimum Gasteiger partial charge on any atom is -0.308 e. The lowest BCUT2D eigenvalue weighted by Crippen LogP contribution is -2.16. The van der Waals surface area contributed by atoms with Crippen LogP contribution in [0.25, 0.3) is 0 Å². The fraction of sp³-hybridized carbons (Fsp3) is 0.500. The fourth-order valence-corrected chi connectivity index (χ4v) is 1.21. The molecule has 76 valence electrons. The van der Waals surface area contributed by atoms with E-state index in [0.717, 1.165) is 5.69 Å². The monoisotopic (exact) mass is 198 g/mol. The number of nitrogens with one attached hydrogen (secondary N) is 1. The van der Waals surface area contributed by atoms with Crippen LogP contribution >= 0.6 is 0 Å². The first-order valence-corrected chi connectivity index (χ1v) is 4.72. The van der Waals surface area contributed by atoms with Crippen LogP contribution < -0.4 is 5.32 Å². The number of alkyl halides is 2. The van der Waals surface area contributed by atoms with Gasteiger partial charge in [0.15, 0.2) is 0 Å². The molecule has 4 heteroatoms. The summed E-state index contributed by atoms with van der Waals surface area (Å²) in [4.78, 5) is 3.96. The minimum absolute atomic E-state index is 0.0137. The van der Waals surface area contributed by atoms with Crippen LogP contribution in [0.1, 0.15) is 30.5 Å². The summed E-state index contributed by atoms with van der Waals surface area (Å²) in [5.41, 5.74) is 0.807. The van der Waals surface area contributed by atoms with Crippen molar-refractivity contribution in [2.75, 3.05) is 0 Å². The summed E-state index contributed by atoms with van der Waals surface area (Å²) in [5, 5.41) is 3.27. The van der Waals surface area contributed by atoms with Gasteiger partial charge in [-0.15, -0.1) is 0 Å². The van der Waals surface area contributed by atoms with Gasteiger partial charge in [0.1, 0.15) is 0 Å². The molecule has 2 nitrogen and oxygen atoms in total. The highest BCUT2D eigenvalue weighted by atomic mass is 19.3. The summed E-state index contributed by atoms with van der Waals surface area (Å²) in [7, 11) is 0. The molecular formula is C10H12F2N2. The summed E-state index contributed by atoms with van der Waals surface area (Å²) in [6, 6.07) is 3.70. The van der Waals surface area contributed by atoms with Gasteiger partial charge in [0.2, 0.25) is 0 Å². The molecule has 1 saturated carbocycles. The van der Waals surface area contributed by atoms with Crippen molar-refractivity contribution in [1.82, 2.24) is 10.3 Å². The largest absolute Gasteiger partial charge is 0.308 e. The topological polar surface area (TPSA) is 24.9 Å². The van der Waals surface area contributed by atoms with E-state index < -0.39 is 6.43 Å². The Labute approximate surface area is 81.4 Å². The first-order chi connectivity index (χ1) is 6.75. The van der Waals surface area contributed by atoms with Gasteiger partial charge in [-0.25, -0.2) is 8.78 Å². The number of pyridine rings is 1. The third-order valence-electron chi connectivity index (χ3n) is 2.25. The maximum Gasteiger partial charge on any atom is 0.265 e. The average Bonchev–Trinajstić information content (AvgIpc) is 2.99. The SMILES string of the molecule is FC(F)c1ccc(CNC2CC2)nc1. The molecule has 1 aromatic rings. The lowest BCUT2D eigenvalue weighted by atomic mass is 10.2. The van der Waals surface area contributed by atoms with Gasteiger partial charge in [0, 0.05) is 24.3 Å². The van der Waals surface area contributed by atoms with E-state index in [1.165, 1.54) is 25.1 Å². The summed E-state index contributed by atoms with van der Waals surface area (Å²) in [6.45, 7) is 0.675. The molecule has 0 amide bonds. The Hall–Kier alpha value is -1.03. The van der Waals surface area contributed by atoms with E-state index in [9.17, 15) is 8.78 Å². The molecule has 1 N–H and O–H groups in total. The van der Waals surface area contributed by atoms with Gasteiger partial charge in [0.05, 0.1) is 5.69 Å². The highest BCUT2D eigenvalue weighted by Crippen LogP contribution is 2.20. The van der Waals surface area contributed by atoms with E-state index in [1.807, 2.05) is 0 Å². The number of aromatic nitrogens is 1. The van der Waals surface area contributed by atoms with E-state index in [0.29, 0.717) is 12.6 Å². The first kappa shape index (κ1) is 9.52. The van der Waals surface area contributed by atoms with Crippen LogP contribution in [0.15, 0.2) is 18.3 Å². The standard InChI is InChI=1S/C10H12F2N2/c11-10(12)7-1-2-9(13-5-7)6-14-8-3-4-8/h1-2,5,8,10,14H,3-4,6H2. The third-order valence-corrected chi connectivity index (χ3v) is 2.25. The lowest BCUT2D eigenvalue weighted by Gasteiger charge is -2.03. The molecule has 2 rings (SSSR count). The molecule has 1 aliphatic carbocycles. The van der Waals surface area contributed by atoms with Crippen molar-refractivity contribution in [2.45, 2.75) is 31.9 Å². The van der Waals surface area contributed by atoms with Crippen molar-refractivity contribution in [3.63, 3.8) is 0 Å². The predicted octanol–water partition coefficient (Wildman–Crippen LogP) is 2.27. The third kappa shape index (κ3) is 2.48. The van der Waals surface area contributed by atoms with Crippen LogP contribution in [0.3, 0.4) is 0 Å². The van der Waals surface area contributed by atoms with Gasteiger partial charge in [-0.05, 0) is 25.0 Å². The predicted molar refractivity (Wildman–Crippen MR) is 49.1 cm³/mol. The Kier molecular flexibility index (Phi) is 2.72. The van der Waals surface area contributed by atoms with Crippen molar-refractivity contribution in [3.8, 4) is 0 Å². The highest BCUT2D eigenvalue weighted by molar-refractivity contribution is 5.15. The molecule has 0 aromatic carbocycles. The second-order valence-corrected chi connectivity index (χ2v) is 3.54. The summed E-state index contributed by atoms with van der Waals surface area (Å²) >= 11 is 0. The Morgan fingerprint density at radius 1 is 1.43 bits per heavy atom. The van der Waals surface area contributed by atoms with Crippen LogP contribution in [0.5, 0.6) is 0 Å². The van der Waals surface area contributed by atoms with Crippen molar-refractivity contribution in [3.05, 3.63) is 29.6 Å². The van der Waals surface area contributed by atoms with E-state index >= 15 is 0 Å². The number of hydrogen-bond acceptors (Lipinski definition) is 2. The number of halogens is 2. The van der Waals surface area contributed by atoms with Gasteiger partial charge < -0.3 is 5.32 Å². The number of hydrogen-bond donors (Lipinski definition) is 1. The van der Waals surface area contributed by atoms with Crippen molar-refractivity contribution in [2.24, 2.45) is 0 Å². The molecule has 0 saturated heterocycles. The Bertz CT molecular complexity index is 293. The molecule has 0 radical (unpaired) electrons. The summed E-state index contributed by atoms with van der Waals surface area (Å²) in [5.74, 6) is 0. The van der Waals surface area contributed by atoms with Gasteiger partial charge in [-0.3, -0.25) is 4.98 Å². The van der Waals surface area contributed by atoms with E-state index in [-0.39, 0.29) is 5.56 Å². The highest BCUT2D eigenvalue weighted by Gasteiger charge is 2.20. The van der Waals surface area contributed by atoms with Crippen molar-refractivity contribution in [1.29, 1.82) is 0 Å². The zero-order valence-corrected chi connectivity index (χ0v) is 7.71. The molecule has 14 heavy (non-hydrogen) atoms. The minimum atomic E-state index is -2.42. The molecule has 0 bridgehead atoms. The van der Waals surface area contributed by atoms with Gasteiger partial charge in [0.25, 0.3) is 6.43 Å². The summed E-state index contributed by atoms with van der Waals surface area (Å²) < 4.78 is 24.3. The maximum atomic E-state index is 12.2. The van der Waals surface area contributed by atoms with Crippen LogP contribution in [0.4, 0.5) is 8.78 Å². The Balaban J connectivity index is 1.91. The summed E-state index contributed by atoms with van der Waals surface area (Å²) in [6.07, 6.45) is 1.26. The quantitative estimate of drug-likeness (QED) is 0.802.